The molecule has 8 heteroatoms. The highest BCUT2D eigenvalue weighted by atomic mass is 35.5. The lowest BCUT2D eigenvalue weighted by Gasteiger charge is -2.23. The molecular weight excluding hydrogens is 505 g/mol. The third kappa shape index (κ3) is 4.58. The van der Waals surface area contributed by atoms with Crippen LogP contribution in [-0.2, 0) is 6.54 Å². The minimum absolute atomic E-state index is 0.166. The molecule has 4 aromatic carbocycles. The van der Waals surface area contributed by atoms with E-state index in [4.69, 9.17) is 34.8 Å². The van der Waals surface area contributed by atoms with E-state index in [2.05, 4.69) is 10.6 Å². The van der Waals surface area contributed by atoms with Gasteiger partial charge in [0, 0.05) is 11.4 Å². The van der Waals surface area contributed by atoms with Crippen molar-refractivity contribution in [2.45, 2.75) is 6.54 Å². The summed E-state index contributed by atoms with van der Waals surface area (Å²) in [6.07, 6.45) is 0. The Hall–Kier alpha value is -3.51. The summed E-state index contributed by atoms with van der Waals surface area (Å²) in [5, 5.41) is 6.84. The summed E-state index contributed by atoms with van der Waals surface area (Å²) >= 11 is 18.8. The first-order chi connectivity index (χ1) is 16.9. The number of carbonyl (C=O) groups excluding carboxylic acids is 2. The minimum atomic E-state index is -0.472. The molecule has 0 bridgehead atoms. The number of benzene rings is 4. The molecule has 1 aliphatic heterocycles. The zero-order valence-corrected chi connectivity index (χ0v) is 20.5. The number of anilines is 4. The van der Waals surface area contributed by atoms with Crippen LogP contribution in [0.1, 0.15) is 26.3 Å². The van der Waals surface area contributed by atoms with Crippen LogP contribution in [0.3, 0.4) is 0 Å². The fraction of sp³-hybridized carbons (Fsp3) is 0.0370. The molecule has 2 amide bonds. The molecule has 174 valence electrons. The van der Waals surface area contributed by atoms with Crippen molar-refractivity contribution in [3.05, 3.63) is 117 Å². The van der Waals surface area contributed by atoms with Gasteiger partial charge in [0.05, 0.1) is 44.1 Å². The summed E-state index contributed by atoms with van der Waals surface area (Å²) in [6.45, 7) is 0.374. The van der Waals surface area contributed by atoms with Gasteiger partial charge in [-0.1, -0.05) is 71.2 Å². The number of halogens is 3. The zero-order chi connectivity index (χ0) is 24.5. The monoisotopic (exact) mass is 521 g/mol. The number of fused-ring (bicyclic) bond motifs is 2. The third-order valence-corrected chi connectivity index (χ3v) is 6.64. The summed E-state index contributed by atoms with van der Waals surface area (Å²) in [7, 11) is 0. The summed E-state index contributed by atoms with van der Waals surface area (Å²) in [6, 6.07) is 25.1. The van der Waals surface area contributed by atoms with Gasteiger partial charge in [-0.2, -0.15) is 0 Å². The van der Waals surface area contributed by atoms with Crippen molar-refractivity contribution in [3.63, 3.8) is 0 Å². The second-order valence-electron chi connectivity index (χ2n) is 7.94. The average molecular weight is 523 g/mol. The van der Waals surface area contributed by atoms with Crippen molar-refractivity contribution in [1.29, 1.82) is 0 Å². The second-order valence-corrected chi connectivity index (χ2v) is 9.16. The van der Waals surface area contributed by atoms with Crippen molar-refractivity contribution in [2.75, 3.05) is 15.5 Å². The smallest absolute Gasteiger partial charge is 0.260 e. The first-order valence-corrected chi connectivity index (χ1v) is 11.9. The van der Waals surface area contributed by atoms with E-state index in [1.807, 2.05) is 48.5 Å². The Bertz CT molecular complexity index is 1450. The molecule has 0 aromatic heterocycles. The van der Waals surface area contributed by atoms with E-state index < -0.39 is 5.91 Å². The molecule has 0 saturated carbocycles. The molecule has 0 radical (unpaired) electrons. The summed E-state index contributed by atoms with van der Waals surface area (Å²) < 4.78 is 0. The standard InChI is InChI=1S/C27H18Cl3N3O2/c28-19-7-5-8-20(29)25(19)26(34)31-17-12-13-18(21(30)14-17)27(35)33-15-16-6-1-2-9-22(16)32-23-10-3-4-11-24(23)33/h1-14,32H,15H2,(H,31,34). The van der Waals surface area contributed by atoms with Crippen molar-refractivity contribution in [3.8, 4) is 0 Å². The van der Waals surface area contributed by atoms with Crippen LogP contribution in [0.4, 0.5) is 22.7 Å². The number of nitrogens with zero attached hydrogens (tertiary/aromatic N) is 1. The van der Waals surface area contributed by atoms with Gasteiger partial charge >= 0.3 is 0 Å². The number of nitrogens with one attached hydrogen (secondary N) is 2. The maximum Gasteiger partial charge on any atom is 0.260 e. The molecule has 1 heterocycles. The molecule has 0 atom stereocenters. The predicted molar refractivity (Wildman–Crippen MR) is 143 cm³/mol. The van der Waals surface area contributed by atoms with Gasteiger partial charge in [0.1, 0.15) is 0 Å². The van der Waals surface area contributed by atoms with Gasteiger partial charge in [-0.3, -0.25) is 9.59 Å². The number of amides is 2. The maximum absolute atomic E-state index is 13.7. The van der Waals surface area contributed by atoms with E-state index in [0.717, 1.165) is 22.6 Å². The van der Waals surface area contributed by atoms with E-state index in [0.29, 0.717) is 17.8 Å². The maximum atomic E-state index is 13.7. The van der Waals surface area contributed by atoms with Crippen LogP contribution in [0.2, 0.25) is 15.1 Å². The van der Waals surface area contributed by atoms with Crippen LogP contribution in [-0.4, -0.2) is 11.8 Å². The summed E-state index contributed by atoms with van der Waals surface area (Å²) in [5.74, 6) is -0.729. The Labute approximate surface area is 217 Å². The van der Waals surface area contributed by atoms with E-state index in [9.17, 15) is 9.59 Å². The van der Waals surface area contributed by atoms with Crippen molar-refractivity contribution >= 4 is 69.4 Å². The number of rotatable bonds is 3. The molecule has 0 fully saturated rings. The Balaban J connectivity index is 1.45. The fourth-order valence-electron chi connectivity index (χ4n) is 4.00. The number of hydrogen-bond acceptors (Lipinski definition) is 3. The average Bonchev–Trinajstić information content (AvgIpc) is 3.00. The first kappa shape index (κ1) is 23.2. The van der Waals surface area contributed by atoms with Gasteiger partial charge in [0.15, 0.2) is 0 Å². The van der Waals surface area contributed by atoms with Crippen LogP contribution in [0, 0.1) is 0 Å². The Morgan fingerprint density at radius 1 is 0.771 bits per heavy atom. The molecule has 35 heavy (non-hydrogen) atoms. The second kappa shape index (κ2) is 9.62. The highest BCUT2D eigenvalue weighted by molar-refractivity contribution is 6.40. The Morgan fingerprint density at radius 3 is 2.20 bits per heavy atom. The van der Waals surface area contributed by atoms with Gasteiger partial charge in [0.25, 0.3) is 11.8 Å². The minimum Gasteiger partial charge on any atom is -0.354 e. The SMILES string of the molecule is O=C(Nc1ccc(C(=O)N2Cc3ccccc3Nc3ccccc32)c(Cl)c1)c1c(Cl)cccc1Cl. The fourth-order valence-corrected chi connectivity index (χ4v) is 4.83. The predicted octanol–water partition coefficient (Wildman–Crippen LogP) is 7.80. The number of carbonyl (C=O) groups is 2. The zero-order valence-electron chi connectivity index (χ0n) is 18.2. The van der Waals surface area contributed by atoms with E-state index in [1.165, 1.54) is 6.07 Å². The van der Waals surface area contributed by atoms with Gasteiger partial charge in [-0.05, 0) is 54.1 Å². The number of para-hydroxylation sites is 3. The van der Waals surface area contributed by atoms with Crippen molar-refractivity contribution in [1.82, 2.24) is 0 Å². The summed E-state index contributed by atoms with van der Waals surface area (Å²) in [4.78, 5) is 28.1. The Kier molecular flexibility index (Phi) is 6.39. The lowest BCUT2D eigenvalue weighted by atomic mass is 10.1. The van der Waals surface area contributed by atoms with Crippen LogP contribution < -0.4 is 15.5 Å². The topological polar surface area (TPSA) is 61.4 Å². The number of hydrogen-bond donors (Lipinski definition) is 2. The van der Waals surface area contributed by atoms with Gasteiger partial charge < -0.3 is 15.5 Å². The molecular formula is C27H18Cl3N3O2. The van der Waals surface area contributed by atoms with Gasteiger partial charge in [0.2, 0.25) is 0 Å². The lowest BCUT2D eigenvalue weighted by Crippen LogP contribution is -2.30. The van der Waals surface area contributed by atoms with Gasteiger partial charge in [-0.25, -0.2) is 0 Å². The molecule has 5 nitrogen and oxygen atoms in total. The molecule has 5 rings (SSSR count). The largest absolute Gasteiger partial charge is 0.354 e. The van der Waals surface area contributed by atoms with Crippen LogP contribution in [0.15, 0.2) is 84.9 Å². The van der Waals surface area contributed by atoms with Crippen LogP contribution in [0.5, 0.6) is 0 Å². The summed E-state index contributed by atoms with van der Waals surface area (Å²) in [5.41, 5.74) is 4.38. The molecule has 4 aromatic rings. The molecule has 0 aliphatic carbocycles. The highest BCUT2D eigenvalue weighted by Crippen LogP contribution is 2.37. The third-order valence-electron chi connectivity index (χ3n) is 5.70. The van der Waals surface area contributed by atoms with Gasteiger partial charge in [-0.15, -0.1) is 0 Å². The molecule has 0 spiro atoms. The first-order valence-electron chi connectivity index (χ1n) is 10.7. The highest BCUT2D eigenvalue weighted by Gasteiger charge is 2.26. The van der Waals surface area contributed by atoms with E-state index >= 15 is 0 Å². The molecule has 1 aliphatic rings. The Morgan fingerprint density at radius 2 is 1.46 bits per heavy atom. The van der Waals surface area contributed by atoms with Crippen molar-refractivity contribution in [2.24, 2.45) is 0 Å². The normalized spacial score (nSPS) is 12.1. The quantitative estimate of drug-likeness (QED) is 0.288. The van der Waals surface area contributed by atoms with Crippen LogP contribution in [0.25, 0.3) is 0 Å². The lowest BCUT2D eigenvalue weighted by molar-refractivity contribution is 0.0984. The molecule has 2 N–H and O–H groups in total. The molecule has 0 saturated heterocycles. The van der Waals surface area contributed by atoms with Crippen LogP contribution >= 0.6 is 34.8 Å². The van der Waals surface area contributed by atoms with E-state index in [1.54, 1.807) is 35.2 Å². The van der Waals surface area contributed by atoms with E-state index in [-0.39, 0.29) is 26.5 Å². The van der Waals surface area contributed by atoms with Crippen molar-refractivity contribution < 1.29 is 9.59 Å². The molecule has 0 unspecified atom stereocenters.